The molecule has 0 aliphatic rings. The highest BCUT2D eigenvalue weighted by Crippen LogP contribution is 2.28. The Morgan fingerprint density at radius 3 is 2.68 bits per heavy atom. The topological polar surface area (TPSA) is 101 Å². The lowest BCUT2D eigenvalue weighted by atomic mass is 10.1. The summed E-state index contributed by atoms with van der Waals surface area (Å²) in [6.07, 6.45) is 4.10. The highest BCUT2D eigenvalue weighted by atomic mass is 32.1. The fourth-order valence-corrected chi connectivity index (χ4v) is 2.78. The Bertz CT molecular complexity index is 893. The minimum atomic E-state index is -1.31. The number of rotatable bonds is 4. The molecule has 2 aromatic heterocycles. The van der Waals surface area contributed by atoms with Crippen LogP contribution in [0.5, 0.6) is 0 Å². The van der Waals surface area contributed by atoms with Crippen molar-refractivity contribution in [1.29, 1.82) is 0 Å². The Morgan fingerprint density at radius 1 is 1.32 bits per heavy atom. The number of hydrogen-bond acceptors (Lipinski definition) is 6. The Hall–Kier alpha value is -3.00. The molecule has 0 atom stereocenters. The van der Waals surface area contributed by atoms with Gasteiger partial charge in [-0.3, -0.25) is 14.5 Å². The zero-order valence-electron chi connectivity index (χ0n) is 11.0. The SMILES string of the molecule is O=C([O-])/C=C/c1c(-c2ccc([N+](=O)[O-])cc2)nc2sccn12. The molecule has 8 heteroatoms. The summed E-state index contributed by atoms with van der Waals surface area (Å²) in [7, 11) is 0. The lowest BCUT2D eigenvalue weighted by Gasteiger charge is -2.00. The van der Waals surface area contributed by atoms with Crippen LogP contribution in [0.2, 0.25) is 0 Å². The number of nitro groups is 1. The van der Waals surface area contributed by atoms with Gasteiger partial charge in [0.1, 0.15) is 0 Å². The van der Waals surface area contributed by atoms with Gasteiger partial charge in [0.25, 0.3) is 5.69 Å². The van der Waals surface area contributed by atoms with Gasteiger partial charge < -0.3 is 9.90 Å². The van der Waals surface area contributed by atoms with Crippen LogP contribution < -0.4 is 5.11 Å². The number of aliphatic carboxylic acids is 1. The molecule has 3 aromatic rings. The zero-order valence-corrected chi connectivity index (χ0v) is 11.8. The quantitative estimate of drug-likeness (QED) is 0.415. The van der Waals surface area contributed by atoms with E-state index >= 15 is 0 Å². The smallest absolute Gasteiger partial charge is 0.269 e. The van der Waals surface area contributed by atoms with Gasteiger partial charge in [-0.05, 0) is 24.3 Å². The number of non-ortho nitro benzene ring substituents is 1. The Morgan fingerprint density at radius 2 is 2.05 bits per heavy atom. The van der Waals surface area contributed by atoms with E-state index in [0.29, 0.717) is 21.9 Å². The average molecular weight is 314 g/mol. The third kappa shape index (κ3) is 2.47. The molecule has 0 bridgehead atoms. The number of aromatic nitrogens is 2. The van der Waals surface area contributed by atoms with Gasteiger partial charge in [0.2, 0.25) is 0 Å². The number of imidazole rings is 1. The van der Waals surface area contributed by atoms with Crippen molar-refractivity contribution < 1.29 is 14.8 Å². The van der Waals surface area contributed by atoms with Crippen molar-refractivity contribution in [2.75, 3.05) is 0 Å². The number of hydrogen-bond donors (Lipinski definition) is 0. The molecule has 0 N–H and O–H groups in total. The summed E-state index contributed by atoms with van der Waals surface area (Å²) in [6.45, 7) is 0. The first kappa shape index (κ1) is 14.0. The second-order valence-corrected chi connectivity index (χ2v) is 5.23. The fraction of sp³-hybridized carbons (Fsp3) is 0. The molecule has 0 aliphatic heterocycles. The van der Waals surface area contributed by atoms with Crippen LogP contribution in [0.1, 0.15) is 5.69 Å². The number of carbonyl (C=O) groups excluding carboxylic acids is 1. The normalized spacial score (nSPS) is 11.3. The fourth-order valence-electron chi connectivity index (χ4n) is 2.06. The molecule has 0 unspecified atom stereocenters. The third-order valence-electron chi connectivity index (χ3n) is 3.03. The molecule has 3 rings (SSSR count). The van der Waals surface area contributed by atoms with E-state index in [1.807, 2.05) is 5.38 Å². The summed E-state index contributed by atoms with van der Waals surface area (Å²) < 4.78 is 1.75. The first-order valence-corrected chi connectivity index (χ1v) is 7.03. The minimum Gasteiger partial charge on any atom is -0.545 e. The standard InChI is InChI=1S/C14H9N3O4S/c18-12(19)6-5-11-13(15-14-16(11)7-8-22-14)9-1-3-10(4-2-9)17(20)21/h1-8H,(H,18,19)/p-1/b6-5+. The number of thiazole rings is 1. The van der Waals surface area contributed by atoms with Crippen molar-refractivity contribution in [3.63, 3.8) is 0 Å². The van der Waals surface area contributed by atoms with Gasteiger partial charge in [0, 0.05) is 29.3 Å². The van der Waals surface area contributed by atoms with Crippen LogP contribution in [0.4, 0.5) is 5.69 Å². The van der Waals surface area contributed by atoms with E-state index in [-0.39, 0.29) is 5.69 Å². The molecular weight excluding hydrogens is 306 g/mol. The highest BCUT2D eigenvalue weighted by Gasteiger charge is 2.14. The van der Waals surface area contributed by atoms with E-state index in [0.717, 1.165) is 6.08 Å². The molecular formula is C14H8N3O4S-. The second-order valence-electron chi connectivity index (χ2n) is 4.36. The van der Waals surface area contributed by atoms with E-state index in [2.05, 4.69) is 4.98 Å². The Labute approximate surface area is 127 Å². The summed E-state index contributed by atoms with van der Waals surface area (Å²) >= 11 is 1.41. The summed E-state index contributed by atoms with van der Waals surface area (Å²) in [5.74, 6) is -1.31. The number of nitrogens with zero attached hydrogens (tertiary/aromatic N) is 3. The molecule has 1 aromatic carbocycles. The summed E-state index contributed by atoms with van der Waals surface area (Å²) in [5, 5.41) is 23.2. The van der Waals surface area contributed by atoms with Crippen molar-refractivity contribution in [1.82, 2.24) is 9.38 Å². The van der Waals surface area contributed by atoms with Crippen molar-refractivity contribution in [3.8, 4) is 11.3 Å². The van der Waals surface area contributed by atoms with E-state index < -0.39 is 10.9 Å². The second kappa shape index (κ2) is 5.41. The van der Waals surface area contributed by atoms with Crippen LogP contribution in [0, 0.1) is 10.1 Å². The van der Waals surface area contributed by atoms with Crippen LogP contribution in [0.15, 0.2) is 41.9 Å². The molecule has 2 heterocycles. The van der Waals surface area contributed by atoms with Crippen molar-refractivity contribution in [2.45, 2.75) is 0 Å². The molecule has 0 saturated heterocycles. The molecule has 0 spiro atoms. The Balaban J connectivity index is 2.13. The maximum Gasteiger partial charge on any atom is 0.269 e. The zero-order chi connectivity index (χ0) is 15.7. The molecule has 0 amide bonds. The number of carboxylic acids is 1. The van der Waals surface area contributed by atoms with Crippen molar-refractivity contribution in [2.24, 2.45) is 0 Å². The first-order valence-electron chi connectivity index (χ1n) is 6.15. The van der Waals surface area contributed by atoms with Crippen LogP contribution >= 0.6 is 11.3 Å². The summed E-state index contributed by atoms with van der Waals surface area (Å²) in [6, 6.07) is 5.94. The average Bonchev–Trinajstić information content (AvgIpc) is 3.06. The maximum atomic E-state index is 10.7. The van der Waals surface area contributed by atoms with E-state index in [4.69, 9.17) is 0 Å². The van der Waals surface area contributed by atoms with Crippen molar-refractivity contribution >= 4 is 34.0 Å². The predicted octanol–water partition coefficient (Wildman–Crippen LogP) is 1.73. The van der Waals surface area contributed by atoms with Crippen LogP contribution in [0.25, 0.3) is 22.3 Å². The molecule has 0 fully saturated rings. The lowest BCUT2D eigenvalue weighted by Crippen LogP contribution is -2.18. The van der Waals surface area contributed by atoms with Gasteiger partial charge in [0.05, 0.1) is 22.3 Å². The molecule has 7 nitrogen and oxygen atoms in total. The molecule has 0 aliphatic carbocycles. The third-order valence-corrected chi connectivity index (χ3v) is 3.78. The van der Waals surface area contributed by atoms with E-state index in [1.165, 1.54) is 29.5 Å². The van der Waals surface area contributed by atoms with E-state index in [1.54, 1.807) is 22.7 Å². The minimum absolute atomic E-state index is 0.0170. The first-order chi connectivity index (χ1) is 10.6. The van der Waals surface area contributed by atoms with Gasteiger partial charge in [-0.25, -0.2) is 4.98 Å². The van der Waals surface area contributed by atoms with Crippen LogP contribution in [0.3, 0.4) is 0 Å². The summed E-state index contributed by atoms with van der Waals surface area (Å²) in [5.41, 5.74) is 1.78. The molecule has 0 saturated carbocycles. The van der Waals surface area contributed by atoms with E-state index in [9.17, 15) is 20.0 Å². The van der Waals surface area contributed by atoms with Crippen molar-refractivity contribution in [3.05, 3.63) is 57.7 Å². The number of nitro benzene ring substituents is 1. The molecule has 0 radical (unpaired) electrons. The van der Waals surface area contributed by atoms with Gasteiger partial charge in [-0.2, -0.15) is 0 Å². The maximum absolute atomic E-state index is 10.7. The van der Waals surface area contributed by atoms with Crippen LogP contribution in [-0.4, -0.2) is 20.3 Å². The highest BCUT2D eigenvalue weighted by molar-refractivity contribution is 7.15. The largest absolute Gasteiger partial charge is 0.545 e. The van der Waals surface area contributed by atoms with Gasteiger partial charge in [-0.15, -0.1) is 11.3 Å². The molecule has 110 valence electrons. The van der Waals surface area contributed by atoms with Crippen LogP contribution in [-0.2, 0) is 4.79 Å². The number of carbonyl (C=O) groups is 1. The molecule has 22 heavy (non-hydrogen) atoms. The number of fused-ring (bicyclic) bond motifs is 1. The number of benzene rings is 1. The monoisotopic (exact) mass is 314 g/mol. The lowest BCUT2D eigenvalue weighted by molar-refractivity contribution is -0.384. The van der Waals surface area contributed by atoms with Gasteiger partial charge in [0.15, 0.2) is 4.96 Å². The predicted molar refractivity (Wildman–Crippen MR) is 79.2 cm³/mol. The number of carboxylic acid groups (broad SMARTS) is 1. The van der Waals surface area contributed by atoms with Gasteiger partial charge >= 0.3 is 0 Å². The Kier molecular flexibility index (Phi) is 3.43. The van der Waals surface area contributed by atoms with Gasteiger partial charge in [-0.1, -0.05) is 0 Å². The summed E-state index contributed by atoms with van der Waals surface area (Å²) in [4.78, 5) is 26.0.